The Bertz CT molecular complexity index is 436. The number of ether oxygens (including phenoxy) is 1. The molecule has 0 spiro atoms. The van der Waals surface area contributed by atoms with Gasteiger partial charge in [-0.15, -0.1) is 0 Å². The van der Waals surface area contributed by atoms with Crippen molar-refractivity contribution in [3.8, 4) is 5.75 Å². The van der Waals surface area contributed by atoms with Crippen LogP contribution in [0.4, 0.5) is 0 Å². The van der Waals surface area contributed by atoms with Crippen LogP contribution in [0, 0.1) is 6.92 Å². The number of carbonyl (C=O) groups is 1. The van der Waals surface area contributed by atoms with Crippen LogP contribution in [-0.4, -0.2) is 25.6 Å². The molecule has 5 heteroatoms. The third kappa shape index (κ3) is 5.20. The predicted octanol–water partition coefficient (Wildman–Crippen LogP) is 2.38. The molecule has 0 atom stereocenters. The summed E-state index contributed by atoms with van der Waals surface area (Å²) in [6, 6.07) is 4.01. The van der Waals surface area contributed by atoms with Gasteiger partial charge in [-0.2, -0.15) is 0 Å². The molecular formula is C14H21BrN2O2. The molecule has 1 amide bonds. The lowest BCUT2D eigenvalue weighted by Crippen LogP contribution is -2.28. The molecule has 0 aliphatic rings. The maximum atomic E-state index is 11.5. The van der Waals surface area contributed by atoms with E-state index < -0.39 is 0 Å². The quantitative estimate of drug-likeness (QED) is 0.808. The van der Waals surface area contributed by atoms with Gasteiger partial charge in [0, 0.05) is 23.1 Å². The highest BCUT2D eigenvalue weighted by Crippen LogP contribution is 2.28. The van der Waals surface area contributed by atoms with Crippen LogP contribution >= 0.6 is 15.9 Å². The van der Waals surface area contributed by atoms with Gasteiger partial charge in [0.25, 0.3) is 5.91 Å². The number of nitrogens with one attached hydrogen (secondary N) is 2. The van der Waals surface area contributed by atoms with Crippen LogP contribution in [0.3, 0.4) is 0 Å². The van der Waals surface area contributed by atoms with E-state index in [1.54, 1.807) is 0 Å². The Kier molecular flexibility index (Phi) is 6.87. The summed E-state index contributed by atoms with van der Waals surface area (Å²) in [7, 11) is 0. The number of rotatable bonds is 7. The summed E-state index contributed by atoms with van der Waals surface area (Å²) in [5, 5.41) is 5.99. The predicted molar refractivity (Wildman–Crippen MR) is 80.4 cm³/mol. The largest absolute Gasteiger partial charge is 0.483 e. The molecule has 0 bridgehead atoms. The molecule has 0 saturated heterocycles. The number of benzene rings is 1. The van der Waals surface area contributed by atoms with E-state index in [1.807, 2.05) is 26.0 Å². The molecular weight excluding hydrogens is 308 g/mol. The van der Waals surface area contributed by atoms with Crippen LogP contribution < -0.4 is 15.4 Å². The molecule has 0 heterocycles. The zero-order valence-corrected chi connectivity index (χ0v) is 13.3. The van der Waals surface area contributed by atoms with Crippen LogP contribution in [-0.2, 0) is 11.3 Å². The number of hydrogen-bond donors (Lipinski definition) is 2. The Labute approximate surface area is 123 Å². The Morgan fingerprint density at radius 3 is 2.68 bits per heavy atom. The highest BCUT2D eigenvalue weighted by molar-refractivity contribution is 9.10. The van der Waals surface area contributed by atoms with E-state index in [2.05, 4.69) is 33.5 Å². The van der Waals surface area contributed by atoms with Gasteiger partial charge >= 0.3 is 0 Å². The molecule has 0 aliphatic carbocycles. The van der Waals surface area contributed by atoms with Crippen LogP contribution in [0.1, 0.15) is 25.0 Å². The molecule has 4 nitrogen and oxygen atoms in total. The van der Waals surface area contributed by atoms with Gasteiger partial charge < -0.3 is 15.4 Å². The first-order chi connectivity index (χ1) is 9.08. The summed E-state index contributed by atoms with van der Waals surface area (Å²) < 4.78 is 6.68. The van der Waals surface area contributed by atoms with Crippen molar-refractivity contribution in [2.75, 3.05) is 19.7 Å². The third-order valence-electron chi connectivity index (χ3n) is 2.60. The zero-order valence-electron chi connectivity index (χ0n) is 11.7. The fourth-order valence-corrected chi connectivity index (χ4v) is 2.40. The lowest BCUT2D eigenvalue weighted by Gasteiger charge is -2.15. The third-order valence-corrected chi connectivity index (χ3v) is 3.06. The second-order valence-corrected chi connectivity index (χ2v) is 5.15. The summed E-state index contributed by atoms with van der Waals surface area (Å²) in [6.07, 6.45) is 0. The van der Waals surface area contributed by atoms with Gasteiger partial charge in [0.2, 0.25) is 0 Å². The van der Waals surface area contributed by atoms with E-state index in [9.17, 15) is 4.79 Å². The smallest absolute Gasteiger partial charge is 0.257 e. The number of hydrogen-bond acceptors (Lipinski definition) is 3. The molecule has 1 aromatic carbocycles. The van der Waals surface area contributed by atoms with Crippen molar-refractivity contribution in [2.45, 2.75) is 27.3 Å². The highest BCUT2D eigenvalue weighted by atomic mass is 79.9. The molecule has 19 heavy (non-hydrogen) atoms. The lowest BCUT2D eigenvalue weighted by atomic mass is 10.1. The normalized spacial score (nSPS) is 10.3. The molecule has 0 fully saturated rings. The number of aryl methyl sites for hydroxylation is 1. The minimum absolute atomic E-state index is 0.0510. The Morgan fingerprint density at radius 2 is 2.05 bits per heavy atom. The van der Waals surface area contributed by atoms with E-state index in [-0.39, 0.29) is 12.5 Å². The SMILES string of the molecule is CCNCc1cc(Br)cc(C)c1OCC(=O)NCC. The first-order valence-corrected chi connectivity index (χ1v) is 7.27. The van der Waals surface area contributed by atoms with Crippen LogP contribution in [0.5, 0.6) is 5.75 Å². The maximum absolute atomic E-state index is 11.5. The summed E-state index contributed by atoms with van der Waals surface area (Å²) >= 11 is 3.48. The zero-order chi connectivity index (χ0) is 14.3. The number of halogens is 1. The summed E-state index contributed by atoms with van der Waals surface area (Å²) in [4.78, 5) is 11.5. The van der Waals surface area contributed by atoms with Crippen molar-refractivity contribution in [3.63, 3.8) is 0 Å². The van der Waals surface area contributed by atoms with Gasteiger partial charge in [-0.05, 0) is 38.1 Å². The second-order valence-electron chi connectivity index (χ2n) is 4.23. The molecule has 0 unspecified atom stereocenters. The van der Waals surface area contributed by atoms with Gasteiger partial charge in [-0.25, -0.2) is 0 Å². The van der Waals surface area contributed by atoms with Gasteiger partial charge in [0.15, 0.2) is 6.61 Å². The number of amides is 1. The summed E-state index contributed by atoms with van der Waals surface area (Å²) in [5.41, 5.74) is 2.07. The van der Waals surface area contributed by atoms with E-state index in [1.165, 1.54) is 0 Å². The number of likely N-dealkylation sites (N-methyl/N-ethyl adjacent to an activating group) is 1. The Morgan fingerprint density at radius 1 is 1.32 bits per heavy atom. The highest BCUT2D eigenvalue weighted by Gasteiger charge is 2.10. The standard InChI is InChI=1S/C14H21BrN2O2/c1-4-16-8-11-7-12(15)6-10(3)14(11)19-9-13(18)17-5-2/h6-7,16H,4-5,8-9H2,1-3H3,(H,17,18). The van der Waals surface area contributed by atoms with Gasteiger partial charge in [-0.3, -0.25) is 4.79 Å². The van der Waals surface area contributed by atoms with E-state index in [4.69, 9.17) is 4.74 Å². The molecule has 0 radical (unpaired) electrons. The molecule has 1 rings (SSSR count). The van der Waals surface area contributed by atoms with E-state index in [0.29, 0.717) is 6.54 Å². The van der Waals surface area contributed by atoms with Crippen molar-refractivity contribution in [2.24, 2.45) is 0 Å². The van der Waals surface area contributed by atoms with E-state index in [0.717, 1.165) is 34.4 Å². The van der Waals surface area contributed by atoms with Crippen molar-refractivity contribution < 1.29 is 9.53 Å². The second kappa shape index (κ2) is 8.17. The van der Waals surface area contributed by atoms with Crippen LogP contribution in [0.15, 0.2) is 16.6 Å². The van der Waals surface area contributed by atoms with Crippen molar-refractivity contribution in [3.05, 3.63) is 27.7 Å². The van der Waals surface area contributed by atoms with Gasteiger partial charge in [0.05, 0.1) is 0 Å². The number of carbonyl (C=O) groups excluding carboxylic acids is 1. The fourth-order valence-electron chi connectivity index (χ4n) is 1.78. The van der Waals surface area contributed by atoms with Gasteiger partial charge in [0.1, 0.15) is 5.75 Å². The molecule has 0 saturated carbocycles. The van der Waals surface area contributed by atoms with Crippen molar-refractivity contribution >= 4 is 21.8 Å². The average molecular weight is 329 g/mol. The first kappa shape index (κ1) is 16.0. The van der Waals surface area contributed by atoms with Crippen molar-refractivity contribution in [1.29, 1.82) is 0 Å². The molecule has 0 aliphatic heterocycles. The fraction of sp³-hybridized carbons (Fsp3) is 0.500. The monoisotopic (exact) mass is 328 g/mol. The molecule has 2 N–H and O–H groups in total. The maximum Gasteiger partial charge on any atom is 0.257 e. The topological polar surface area (TPSA) is 50.4 Å². The minimum Gasteiger partial charge on any atom is -0.483 e. The minimum atomic E-state index is -0.0979. The molecule has 1 aromatic rings. The summed E-state index contributed by atoms with van der Waals surface area (Å²) in [5.74, 6) is 0.689. The van der Waals surface area contributed by atoms with Gasteiger partial charge in [-0.1, -0.05) is 22.9 Å². The van der Waals surface area contributed by atoms with Crippen molar-refractivity contribution in [1.82, 2.24) is 10.6 Å². The average Bonchev–Trinajstić information content (AvgIpc) is 2.35. The van der Waals surface area contributed by atoms with Crippen LogP contribution in [0.25, 0.3) is 0 Å². The molecule has 0 aromatic heterocycles. The summed E-state index contributed by atoms with van der Waals surface area (Å²) in [6.45, 7) is 8.21. The van der Waals surface area contributed by atoms with E-state index >= 15 is 0 Å². The lowest BCUT2D eigenvalue weighted by molar-refractivity contribution is -0.123. The Balaban J connectivity index is 2.81. The first-order valence-electron chi connectivity index (χ1n) is 6.47. The molecule has 106 valence electrons. The Hall–Kier alpha value is -1.07. The van der Waals surface area contributed by atoms with Crippen LogP contribution in [0.2, 0.25) is 0 Å².